The van der Waals surface area contributed by atoms with E-state index in [0.717, 1.165) is 5.56 Å². The summed E-state index contributed by atoms with van der Waals surface area (Å²) < 4.78 is 23.8. The van der Waals surface area contributed by atoms with Crippen molar-refractivity contribution in [2.24, 2.45) is 0 Å². The third kappa shape index (κ3) is 6.47. The van der Waals surface area contributed by atoms with Crippen LogP contribution in [0.3, 0.4) is 0 Å². The van der Waals surface area contributed by atoms with Gasteiger partial charge in [-0.15, -0.1) is 0 Å². The number of para-hydroxylation sites is 3. The average molecular weight is 564 g/mol. The normalized spacial score (nSPS) is 11.0. The molecule has 0 spiro atoms. The maximum absolute atomic E-state index is 13.4. The van der Waals surface area contributed by atoms with Crippen LogP contribution >= 0.6 is 0 Å². The number of aryl methyl sites for hydroxylation is 2. The molecular weight excluding hydrogens is 530 g/mol. The first kappa shape index (κ1) is 28.5. The van der Waals surface area contributed by atoms with E-state index in [9.17, 15) is 9.59 Å². The van der Waals surface area contributed by atoms with Crippen LogP contribution in [-0.2, 0) is 11.2 Å². The van der Waals surface area contributed by atoms with E-state index in [1.54, 1.807) is 31.2 Å². The van der Waals surface area contributed by atoms with Crippen LogP contribution < -0.4 is 25.0 Å². The van der Waals surface area contributed by atoms with Crippen LogP contribution in [0.15, 0.2) is 100 Å². The molecule has 0 atom stereocenters. The van der Waals surface area contributed by atoms with Gasteiger partial charge in [-0.2, -0.15) is 0 Å². The van der Waals surface area contributed by atoms with Gasteiger partial charge in [0.25, 0.3) is 5.91 Å². The fraction of sp³-hybridized carbons (Fsp3) is 0.200. The summed E-state index contributed by atoms with van der Waals surface area (Å²) in [7, 11) is 0. The molecule has 0 bridgehead atoms. The molecule has 5 aromatic rings. The second kappa shape index (κ2) is 12.6. The van der Waals surface area contributed by atoms with E-state index in [1.807, 2.05) is 73.7 Å². The molecule has 0 unspecified atom stereocenters. The molecule has 1 amide bonds. The summed E-state index contributed by atoms with van der Waals surface area (Å²) in [6, 6.07) is 27.6. The van der Waals surface area contributed by atoms with Crippen LogP contribution in [0.25, 0.3) is 11.0 Å². The zero-order valence-corrected chi connectivity index (χ0v) is 24.1. The van der Waals surface area contributed by atoms with Gasteiger partial charge in [0.15, 0.2) is 12.4 Å². The van der Waals surface area contributed by atoms with Crippen LogP contribution in [0, 0.1) is 6.92 Å². The lowest BCUT2D eigenvalue weighted by Gasteiger charge is -2.15. The summed E-state index contributed by atoms with van der Waals surface area (Å²) in [6.07, 6.45) is 0.584. The molecule has 0 fully saturated rings. The van der Waals surface area contributed by atoms with Gasteiger partial charge < -0.3 is 23.9 Å². The molecule has 0 saturated heterocycles. The van der Waals surface area contributed by atoms with E-state index in [0.29, 0.717) is 57.8 Å². The summed E-state index contributed by atoms with van der Waals surface area (Å²) in [5, 5.41) is 3.24. The van der Waals surface area contributed by atoms with E-state index in [-0.39, 0.29) is 23.7 Å². The number of ether oxygens (including phenoxy) is 3. The Morgan fingerprint density at radius 1 is 0.857 bits per heavy atom. The standard InChI is InChI=1S/C35H33NO6/c1-5-24-19-28-32(40-23(4)35(34(28)38)42-27-17-15-25(16-18-27)22(2)3)20-31(24)39-21-33(37)36-29-13-9-10-14-30(29)41-26-11-7-6-8-12-26/h6-20,22H,5,21H2,1-4H3,(H,36,37). The zero-order valence-electron chi connectivity index (χ0n) is 24.1. The highest BCUT2D eigenvalue weighted by atomic mass is 16.5. The molecule has 42 heavy (non-hydrogen) atoms. The highest BCUT2D eigenvalue weighted by Gasteiger charge is 2.18. The number of carbonyl (C=O) groups excluding carboxylic acids is 1. The molecule has 7 heteroatoms. The largest absolute Gasteiger partial charge is 0.483 e. The van der Waals surface area contributed by atoms with Crippen LogP contribution in [0.5, 0.6) is 28.7 Å². The second-order valence-electron chi connectivity index (χ2n) is 10.2. The Kier molecular flexibility index (Phi) is 8.58. The molecule has 0 saturated carbocycles. The average Bonchev–Trinajstić information content (AvgIpc) is 2.99. The van der Waals surface area contributed by atoms with Crippen LogP contribution in [0.2, 0.25) is 0 Å². The topological polar surface area (TPSA) is 87.0 Å². The first-order valence-electron chi connectivity index (χ1n) is 13.9. The monoisotopic (exact) mass is 563 g/mol. The summed E-state index contributed by atoms with van der Waals surface area (Å²) in [6.45, 7) is 7.64. The zero-order chi connectivity index (χ0) is 29.6. The lowest BCUT2D eigenvalue weighted by Crippen LogP contribution is -2.21. The van der Waals surface area contributed by atoms with Gasteiger partial charge >= 0.3 is 0 Å². The van der Waals surface area contributed by atoms with Crippen molar-refractivity contribution >= 4 is 22.6 Å². The van der Waals surface area contributed by atoms with Crippen LogP contribution in [-0.4, -0.2) is 12.5 Å². The van der Waals surface area contributed by atoms with Gasteiger partial charge in [0.2, 0.25) is 11.2 Å². The minimum Gasteiger partial charge on any atom is -0.483 e. The Morgan fingerprint density at radius 2 is 1.55 bits per heavy atom. The number of rotatable bonds is 10. The molecule has 214 valence electrons. The summed E-state index contributed by atoms with van der Waals surface area (Å²) in [5.74, 6) is 2.74. The molecule has 1 N–H and O–H groups in total. The lowest BCUT2D eigenvalue weighted by atomic mass is 10.0. The molecule has 0 aliphatic rings. The molecule has 1 aromatic heterocycles. The second-order valence-corrected chi connectivity index (χ2v) is 10.2. The Morgan fingerprint density at radius 3 is 2.26 bits per heavy atom. The van der Waals surface area contributed by atoms with Crippen molar-refractivity contribution in [1.29, 1.82) is 0 Å². The number of anilines is 1. The van der Waals surface area contributed by atoms with Gasteiger partial charge in [0, 0.05) is 6.07 Å². The third-order valence-corrected chi connectivity index (χ3v) is 6.83. The summed E-state index contributed by atoms with van der Waals surface area (Å²) in [4.78, 5) is 26.3. The van der Waals surface area contributed by atoms with Gasteiger partial charge in [0.1, 0.15) is 28.6 Å². The summed E-state index contributed by atoms with van der Waals surface area (Å²) in [5.41, 5.74) is 2.57. The number of fused-ring (bicyclic) bond motifs is 1. The Labute approximate surface area is 244 Å². The van der Waals surface area contributed by atoms with Gasteiger partial charge in [-0.05, 0) is 72.9 Å². The quantitative estimate of drug-likeness (QED) is 0.184. The molecule has 7 nitrogen and oxygen atoms in total. The lowest BCUT2D eigenvalue weighted by molar-refractivity contribution is -0.118. The van der Waals surface area contributed by atoms with Crippen LogP contribution in [0.1, 0.15) is 43.6 Å². The third-order valence-electron chi connectivity index (χ3n) is 6.83. The van der Waals surface area contributed by atoms with Gasteiger partial charge in [-0.3, -0.25) is 9.59 Å². The molecule has 1 heterocycles. The number of hydrogen-bond acceptors (Lipinski definition) is 6. The SMILES string of the molecule is CCc1cc2c(=O)c(Oc3ccc(C(C)C)cc3)c(C)oc2cc1OCC(=O)Nc1ccccc1Oc1ccccc1. The van der Waals surface area contributed by atoms with E-state index in [1.165, 1.54) is 5.56 Å². The van der Waals surface area contributed by atoms with E-state index in [4.69, 9.17) is 18.6 Å². The van der Waals surface area contributed by atoms with Crippen molar-refractivity contribution in [3.63, 3.8) is 0 Å². The van der Waals surface area contributed by atoms with E-state index >= 15 is 0 Å². The van der Waals surface area contributed by atoms with Crippen LogP contribution in [0.4, 0.5) is 5.69 Å². The fourth-order valence-electron chi connectivity index (χ4n) is 4.53. The first-order chi connectivity index (χ1) is 20.3. The highest BCUT2D eigenvalue weighted by molar-refractivity contribution is 5.93. The van der Waals surface area contributed by atoms with Crippen molar-refractivity contribution in [3.8, 4) is 28.7 Å². The van der Waals surface area contributed by atoms with E-state index in [2.05, 4.69) is 19.2 Å². The summed E-state index contributed by atoms with van der Waals surface area (Å²) >= 11 is 0. The van der Waals surface area contributed by atoms with Crippen molar-refractivity contribution in [2.45, 2.75) is 40.0 Å². The van der Waals surface area contributed by atoms with Gasteiger partial charge in [0.05, 0.1) is 11.1 Å². The first-order valence-corrected chi connectivity index (χ1v) is 13.9. The number of benzene rings is 4. The van der Waals surface area contributed by atoms with Crippen molar-refractivity contribution in [3.05, 3.63) is 118 Å². The Balaban J connectivity index is 1.33. The number of amides is 1. The maximum Gasteiger partial charge on any atom is 0.262 e. The van der Waals surface area contributed by atoms with Crippen molar-refractivity contribution in [1.82, 2.24) is 0 Å². The molecule has 0 radical (unpaired) electrons. The molecule has 0 aliphatic carbocycles. The minimum absolute atomic E-state index is 0.145. The minimum atomic E-state index is -0.355. The maximum atomic E-state index is 13.4. The highest BCUT2D eigenvalue weighted by Crippen LogP contribution is 2.32. The van der Waals surface area contributed by atoms with Crippen molar-refractivity contribution < 1.29 is 23.4 Å². The fourth-order valence-corrected chi connectivity index (χ4v) is 4.53. The molecule has 0 aliphatic heterocycles. The number of nitrogens with one attached hydrogen (secondary N) is 1. The molecular formula is C35H33NO6. The van der Waals surface area contributed by atoms with E-state index < -0.39 is 0 Å². The molecule has 4 aromatic carbocycles. The smallest absolute Gasteiger partial charge is 0.262 e. The van der Waals surface area contributed by atoms with Gasteiger partial charge in [-0.25, -0.2) is 0 Å². The number of hydrogen-bond donors (Lipinski definition) is 1. The predicted octanol–water partition coefficient (Wildman–Crippen LogP) is 8.39. The Bertz CT molecular complexity index is 1760. The van der Waals surface area contributed by atoms with Crippen molar-refractivity contribution in [2.75, 3.05) is 11.9 Å². The predicted molar refractivity (Wildman–Crippen MR) is 164 cm³/mol. The van der Waals surface area contributed by atoms with Gasteiger partial charge in [-0.1, -0.05) is 63.2 Å². The molecule has 5 rings (SSSR count). The number of carbonyl (C=O) groups is 1. The Hall–Kier alpha value is -5.04.